The number of alkyl carbamates (subject to hydrolysis) is 1. The van der Waals surface area contributed by atoms with Crippen molar-refractivity contribution in [3.63, 3.8) is 0 Å². The van der Waals surface area contributed by atoms with Crippen LogP contribution < -0.4 is 10.6 Å². The van der Waals surface area contributed by atoms with Gasteiger partial charge in [-0.25, -0.2) is 13.6 Å². The molecule has 1 aliphatic rings. The zero-order valence-electron chi connectivity index (χ0n) is 18.3. The number of hydrogen-bond donors (Lipinski definition) is 3. The highest BCUT2D eigenvalue weighted by atomic mass is 19.3. The van der Waals surface area contributed by atoms with Gasteiger partial charge in [0.25, 0.3) is 5.92 Å². The van der Waals surface area contributed by atoms with Gasteiger partial charge in [0.1, 0.15) is 12.6 Å². The number of rotatable bonds is 9. The number of ether oxygens (including phenoxy) is 1. The van der Waals surface area contributed by atoms with Crippen molar-refractivity contribution in [2.45, 2.75) is 50.6 Å². The fourth-order valence-corrected chi connectivity index (χ4v) is 3.76. The molecule has 0 heterocycles. The molecule has 2 amide bonds. The van der Waals surface area contributed by atoms with E-state index in [0.29, 0.717) is 6.92 Å². The van der Waals surface area contributed by atoms with Crippen molar-refractivity contribution in [1.82, 2.24) is 10.6 Å². The van der Waals surface area contributed by atoms with Gasteiger partial charge in [-0.15, -0.1) is 0 Å². The normalized spacial score (nSPS) is 14.5. The third-order valence-corrected chi connectivity index (χ3v) is 5.72. The van der Waals surface area contributed by atoms with Gasteiger partial charge in [0, 0.05) is 19.3 Å². The van der Waals surface area contributed by atoms with Gasteiger partial charge in [0.15, 0.2) is 0 Å². The molecule has 0 aliphatic heterocycles. The van der Waals surface area contributed by atoms with Gasteiger partial charge < -0.3 is 20.5 Å². The standard InChI is InChI=1S/C24H26F2N2O5/c1-14(24(2,25)26)27-22(31)20(11-12-21(29)30)28-23(32)33-13-19-17-9-5-3-7-15(17)16-8-4-6-10-18(16)19/h3-10,14,19-20H,11-13H2,1-2H3,(H,27,31)(H,28,32)(H,29,30). The largest absolute Gasteiger partial charge is 0.481 e. The summed E-state index contributed by atoms with van der Waals surface area (Å²) in [5.74, 6) is -5.47. The predicted octanol–water partition coefficient (Wildman–Crippen LogP) is 3.92. The molecule has 0 bridgehead atoms. The number of halogens is 2. The van der Waals surface area contributed by atoms with Crippen molar-refractivity contribution >= 4 is 18.0 Å². The Hall–Kier alpha value is -3.49. The molecular weight excluding hydrogens is 434 g/mol. The Bertz CT molecular complexity index is 992. The molecule has 1 aliphatic carbocycles. The maximum Gasteiger partial charge on any atom is 0.407 e. The number of amides is 2. The molecule has 9 heteroatoms. The van der Waals surface area contributed by atoms with Crippen LogP contribution in [0.25, 0.3) is 11.1 Å². The second-order valence-corrected chi connectivity index (χ2v) is 8.14. The first kappa shape index (κ1) is 24.2. The number of fused-ring (bicyclic) bond motifs is 3. The summed E-state index contributed by atoms with van der Waals surface area (Å²) in [6.45, 7) is 1.78. The van der Waals surface area contributed by atoms with E-state index in [1.165, 1.54) is 0 Å². The molecule has 2 aromatic rings. The van der Waals surface area contributed by atoms with Crippen LogP contribution in [0.4, 0.5) is 13.6 Å². The summed E-state index contributed by atoms with van der Waals surface area (Å²) >= 11 is 0. The molecule has 33 heavy (non-hydrogen) atoms. The number of alkyl halides is 2. The van der Waals surface area contributed by atoms with Crippen molar-refractivity contribution in [2.75, 3.05) is 6.61 Å². The van der Waals surface area contributed by atoms with Gasteiger partial charge in [-0.05, 0) is 35.6 Å². The molecule has 0 radical (unpaired) electrons. The quantitative estimate of drug-likeness (QED) is 0.526. The van der Waals surface area contributed by atoms with E-state index in [-0.39, 0.29) is 18.9 Å². The average molecular weight is 460 g/mol. The van der Waals surface area contributed by atoms with E-state index in [4.69, 9.17) is 9.84 Å². The minimum atomic E-state index is -3.18. The number of carboxylic acids is 1. The van der Waals surface area contributed by atoms with Crippen molar-refractivity contribution in [3.8, 4) is 11.1 Å². The van der Waals surface area contributed by atoms with Crippen LogP contribution in [0.1, 0.15) is 43.7 Å². The summed E-state index contributed by atoms with van der Waals surface area (Å²) in [6, 6.07) is 12.7. The molecule has 0 saturated heterocycles. The Labute approximate surface area is 190 Å². The van der Waals surface area contributed by atoms with Crippen molar-refractivity contribution in [2.24, 2.45) is 0 Å². The molecule has 3 N–H and O–H groups in total. The van der Waals surface area contributed by atoms with E-state index in [2.05, 4.69) is 10.6 Å². The van der Waals surface area contributed by atoms with Crippen LogP contribution in [0.5, 0.6) is 0 Å². The first-order valence-corrected chi connectivity index (χ1v) is 10.6. The Balaban J connectivity index is 1.67. The Kier molecular flexibility index (Phi) is 7.30. The van der Waals surface area contributed by atoms with Crippen LogP contribution in [0.2, 0.25) is 0 Å². The first-order chi connectivity index (χ1) is 15.6. The number of aliphatic carboxylic acids is 1. The van der Waals surface area contributed by atoms with Gasteiger partial charge in [-0.2, -0.15) is 0 Å². The van der Waals surface area contributed by atoms with Crippen molar-refractivity contribution in [3.05, 3.63) is 59.7 Å². The molecular formula is C24H26F2N2O5. The first-order valence-electron chi connectivity index (χ1n) is 10.6. The third kappa shape index (κ3) is 5.85. The minimum Gasteiger partial charge on any atom is -0.481 e. The summed E-state index contributed by atoms with van der Waals surface area (Å²) in [4.78, 5) is 35.8. The van der Waals surface area contributed by atoms with Gasteiger partial charge in [0.2, 0.25) is 5.91 Å². The summed E-state index contributed by atoms with van der Waals surface area (Å²) in [7, 11) is 0. The maximum absolute atomic E-state index is 13.4. The Morgan fingerprint density at radius 3 is 2.09 bits per heavy atom. The molecule has 0 spiro atoms. The van der Waals surface area contributed by atoms with Crippen LogP contribution >= 0.6 is 0 Å². The van der Waals surface area contributed by atoms with E-state index in [1.54, 1.807) is 0 Å². The number of carbonyl (C=O) groups excluding carboxylic acids is 2. The molecule has 7 nitrogen and oxygen atoms in total. The number of benzene rings is 2. The van der Waals surface area contributed by atoms with Crippen LogP contribution in [0, 0.1) is 0 Å². The van der Waals surface area contributed by atoms with Gasteiger partial charge in [-0.1, -0.05) is 48.5 Å². The monoisotopic (exact) mass is 460 g/mol. The minimum absolute atomic E-state index is 0.00341. The molecule has 3 rings (SSSR count). The fourth-order valence-electron chi connectivity index (χ4n) is 3.76. The van der Waals surface area contributed by atoms with E-state index >= 15 is 0 Å². The average Bonchev–Trinajstić information content (AvgIpc) is 3.08. The summed E-state index contributed by atoms with van der Waals surface area (Å²) < 4.78 is 32.2. The lowest BCUT2D eigenvalue weighted by molar-refractivity contribution is -0.137. The lowest BCUT2D eigenvalue weighted by Crippen LogP contribution is -2.53. The van der Waals surface area contributed by atoms with Gasteiger partial charge >= 0.3 is 12.1 Å². The summed E-state index contributed by atoms with van der Waals surface area (Å²) in [6.07, 6.45) is -1.63. The predicted molar refractivity (Wildman–Crippen MR) is 117 cm³/mol. The van der Waals surface area contributed by atoms with E-state index in [9.17, 15) is 23.2 Å². The smallest absolute Gasteiger partial charge is 0.407 e. The van der Waals surface area contributed by atoms with Crippen LogP contribution in [0.15, 0.2) is 48.5 Å². The summed E-state index contributed by atoms with van der Waals surface area (Å²) in [5, 5.41) is 13.4. The highest BCUT2D eigenvalue weighted by molar-refractivity contribution is 5.86. The van der Waals surface area contributed by atoms with E-state index in [1.807, 2.05) is 48.5 Å². The maximum atomic E-state index is 13.4. The highest BCUT2D eigenvalue weighted by Crippen LogP contribution is 2.44. The molecule has 0 saturated carbocycles. The van der Waals surface area contributed by atoms with E-state index in [0.717, 1.165) is 29.2 Å². The molecule has 2 unspecified atom stereocenters. The lowest BCUT2D eigenvalue weighted by Gasteiger charge is -2.24. The molecule has 2 aromatic carbocycles. The number of nitrogens with one attached hydrogen (secondary N) is 2. The molecule has 176 valence electrons. The van der Waals surface area contributed by atoms with Crippen LogP contribution in [-0.4, -0.2) is 47.7 Å². The topological polar surface area (TPSA) is 105 Å². The summed E-state index contributed by atoms with van der Waals surface area (Å²) in [5.41, 5.74) is 4.11. The second-order valence-electron chi connectivity index (χ2n) is 8.14. The Morgan fingerprint density at radius 2 is 1.58 bits per heavy atom. The highest BCUT2D eigenvalue weighted by Gasteiger charge is 2.34. The molecule has 2 atom stereocenters. The van der Waals surface area contributed by atoms with Gasteiger partial charge in [-0.3, -0.25) is 9.59 Å². The zero-order valence-corrected chi connectivity index (χ0v) is 18.3. The Morgan fingerprint density at radius 1 is 1.03 bits per heavy atom. The van der Waals surface area contributed by atoms with E-state index < -0.39 is 42.4 Å². The van der Waals surface area contributed by atoms with Crippen molar-refractivity contribution in [1.29, 1.82) is 0 Å². The third-order valence-electron chi connectivity index (χ3n) is 5.72. The molecule has 0 aromatic heterocycles. The van der Waals surface area contributed by atoms with Crippen molar-refractivity contribution < 1.29 is 33.0 Å². The fraction of sp³-hybridized carbons (Fsp3) is 0.375. The number of carboxylic acid groups (broad SMARTS) is 1. The van der Waals surface area contributed by atoms with Gasteiger partial charge in [0.05, 0.1) is 6.04 Å². The second kappa shape index (κ2) is 9.97. The SMILES string of the molecule is CC(NC(=O)C(CCC(=O)O)NC(=O)OCC1c2ccccc2-c2ccccc21)C(C)(F)F. The van der Waals surface area contributed by atoms with Crippen LogP contribution in [-0.2, 0) is 14.3 Å². The number of carbonyl (C=O) groups is 3. The lowest BCUT2D eigenvalue weighted by atomic mass is 9.98. The van der Waals surface area contributed by atoms with Crippen LogP contribution in [0.3, 0.4) is 0 Å². The zero-order chi connectivity index (χ0) is 24.2. The molecule has 0 fully saturated rings. The number of hydrogen-bond acceptors (Lipinski definition) is 4.